The lowest BCUT2D eigenvalue weighted by molar-refractivity contribution is 0.494. The first kappa shape index (κ1) is 10.6. The third-order valence-electron chi connectivity index (χ3n) is 2.57. The summed E-state index contributed by atoms with van der Waals surface area (Å²) in [5, 5.41) is 8.47. The first-order valence-electron chi connectivity index (χ1n) is 4.75. The summed E-state index contributed by atoms with van der Waals surface area (Å²) < 4.78 is 3.45. The summed E-state index contributed by atoms with van der Waals surface area (Å²) in [6, 6.07) is 2.04. The van der Waals surface area contributed by atoms with E-state index in [2.05, 4.69) is 0 Å². The number of hydrogen-bond donors (Lipinski definition) is 0. The van der Waals surface area contributed by atoms with Crippen LogP contribution in [0.5, 0.6) is 0 Å². The van der Waals surface area contributed by atoms with E-state index in [0.29, 0.717) is 13.0 Å². The molecule has 0 aliphatic heterocycles. The zero-order valence-electron chi connectivity index (χ0n) is 8.87. The fraction of sp³-hybridized carbons (Fsp3) is 0.600. The molecule has 0 radical (unpaired) electrons. The van der Waals surface area contributed by atoms with Crippen molar-refractivity contribution in [3.63, 3.8) is 0 Å². The van der Waals surface area contributed by atoms with Crippen LogP contribution in [0.1, 0.15) is 24.6 Å². The lowest BCUT2D eigenvalue weighted by Crippen LogP contribution is -2.22. The average molecular weight is 193 g/mol. The minimum absolute atomic E-state index is 0.0442. The number of nitrogens with zero attached hydrogens (tertiary/aromatic N) is 3. The zero-order valence-corrected chi connectivity index (χ0v) is 8.87. The molecule has 0 aliphatic carbocycles. The molecule has 1 rings (SSSR count). The highest BCUT2D eigenvalue weighted by Gasteiger charge is 2.11. The van der Waals surface area contributed by atoms with Crippen molar-refractivity contribution in [1.82, 2.24) is 9.36 Å². The van der Waals surface area contributed by atoms with Crippen LogP contribution in [0.3, 0.4) is 0 Å². The van der Waals surface area contributed by atoms with Gasteiger partial charge in [0.05, 0.1) is 19.0 Å². The lowest BCUT2D eigenvalue weighted by atomic mass is 10.2. The van der Waals surface area contributed by atoms with Crippen LogP contribution >= 0.6 is 0 Å². The van der Waals surface area contributed by atoms with E-state index in [9.17, 15) is 4.79 Å². The smallest absolute Gasteiger partial charge is 0.270 e. The van der Waals surface area contributed by atoms with Crippen molar-refractivity contribution in [2.24, 2.45) is 7.05 Å². The molecule has 0 unspecified atom stereocenters. The van der Waals surface area contributed by atoms with Gasteiger partial charge in [0.2, 0.25) is 0 Å². The normalized spacial score (nSPS) is 10.1. The average Bonchev–Trinajstić information content (AvgIpc) is 2.37. The molecule has 0 saturated heterocycles. The maximum atomic E-state index is 11.8. The Balaban J connectivity index is 3.18. The Kier molecular flexibility index (Phi) is 3.13. The minimum atomic E-state index is 0.0442. The summed E-state index contributed by atoms with van der Waals surface area (Å²) in [4.78, 5) is 11.8. The second kappa shape index (κ2) is 4.14. The van der Waals surface area contributed by atoms with Crippen molar-refractivity contribution in [2.75, 3.05) is 0 Å². The van der Waals surface area contributed by atoms with Gasteiger partial charge in [-0.1, -0.05) is 6.92 Å². The van der Waals surface area contributed by atoms with Crippen molar-refractivity contribution in [3.05, 3.63) is 21.6 Å². The molecule has 4 nitrogen and oxygen atoms in total. The molecule has 0 bridgehead atoms. The fourth-order valence-corrected chi connectivity index (χ4v) is 1.64. The summed E-state index contributed by atoms with van der Waals surface area (Å²) >= 11 is 0. The van der Waals surface area contributed by atoms with Crippen LogP contribution in [0.15, 0.2) is 4.79 Å². The molecule has 1 heterocycles. The first-order chi connectivity index (χ1) is 6.63. The quantitative estimate of drug-likeness (QED) is 0.718. The van der Waals surface area contributed by atoms with Gasteiger partial charge >= 0.3 is 0 Å². The standard InChI is InChI=1S/C10H15N3O/c1-4-9-8(2)12(3)13(10(9)14)7-5-6-11/h4-5,7H2,1-3H3. The highest BCUT2D eigenvalue weighted by atomic mass is 16.1. The van der Waals surface area contributed by atoms with Crippen LogP contribution in [0.25, 0.3) is 0 Å². The molecule has 0 amide bonds. The molecule has 0 spiro atoms. The molecule has 14 heavy (non-hydrogen) atoms. The lowest BCUT2D eigenvalue weighted by Gasteiger charge is -2.05. The van der Waals surface area contributed by atoms with Crippen LogP contribution in [0.4, 0.5) is 0 Å². The Bertz CT molecular complexity index is 420. The van der Waals surface area contributed by atoms with Gasteiger partial charge in [0.15, 0.2) is 0 Å². The number of rotatable bonds is 3. The zero-order chi connectivity index (χ0) is 10.7. The maximum absolute atomic E-state index is 11.8. The van der Waals surface area contributed by atoms with Crippen molar-refractivity contribution in [3.8, 4) is 6.07 Å². The van der Waals surface area contributed by atoms with Gasteiger partial charge in [-0.15, -0.1) is 0 Å². The molecule has 0 N–H and O–H groups in total. The van der Waals surface area contributed by atoms with Crippen molar-refractivity contribution >= 4 is 0 Å². The first-order valence-corrected chi connectivity index (χ1v) is 4.75. The van der Waals surface area contributed by atoms with Gasteiger partial charge < -0.3 is 0 Å². The Hall–Kier alpha value is -1.50. The molecular weight excluding hydrogens is 178 g/mol. The van der Waals surface area contributed by atoms with Gasteiger partial charge in [0, 0.05) is 18.3 Å². The van der Waals surface area contributed by atoms with Gasteiger partial charge in [0.25, 0.3) is 5.56 Å². The summed E-state index contributed by atoms with van der Waals surface area (Å²) in [6.07, 6.45) is 1.12. The Morgan fingerprint density at radius 3 is 2.57 bits per heavy atom. The molecule has 0 aliphatic rings. The van der Waals surface area contributed by atoms with Crippen LogP contribution in [-0.4, -0.2) is 9.36 Å². The van der Waals surface area contributed by atoms with Gasteiger partial charge in [0.1, 0.15) is 0 Å². The third-order valence-corrected chi connectivity index (χ3v) is 2.57. The summed E-state index contributed by atoms with van der Waals surface area (Å²) in [5.74, 6) is 0. The summed E-state index contributed by atoms with van der Waals surface area (Å²) in [7, 11) is 1.85. The predicted octanol–water partition coefficient (Wildman–Crippen LogP) is 0.971. The predicted molar refractivity (Wildman–Crippen MR) is 54.0 cm³/mol. The van der Waals surface area contributed by atoms with E-state index in [0.717, 1.165) is 17.7 Å². The van der Waals surface area contributed by atoms with Crippen LogP contribution < -0.4 is 5.56 Å². The van der Waals surface area contributed by atoms with Gasteiger partial charge in [-0.05, 0) is 13.3 Å². The van der Waals surface area contributed by atoms with E-state index in [1.807, 2.05) is 31.6 Å². The fourth-order valence-electron chi connectivity index (χ4n) is 1.64. The molecule has 76 valence electrons. The number of aromatic nitrogens is 2. The van der Waals surface area contributed by atoms with E-state index in [4.69, 9.17) is 5.26 Å². The topological polar surface area (TPSA) is 50.7 Å². The van der Waals surface area contributed by atoms with Crippen molar-refractivity contribution < 1.29 is 0 Å². The number of nitriles is 1. The SMILES string of the molecule is CCc1c(C)n(C)n(CCC#N)c1=O. The van der Waals surface area contributed by atoms with E-state index in [1.54, 1.807) is 4.68 Å². The van der Waals surface area contributed by atoms with E-state index >= 15 is 0 Å². The second-order valence-electron chi connectivity index (χ2n) is 3.28. The highest BCUT2D eigenvalue weighted by molar-refractivity contribution is 5.16. The Morgan fingerprint density at radius 1 is 1.50 bits per heavy atom. The monoisotopic (exact) mass is 193 g/mol. The van der Waals surface area contributed by atoms with E-state index in [-0.39, 0.29) is 5.56 Å². The molecular formula is C10H15N3O. The van der Waals surface area contributed by atoms with Gasteiger partial charge in [-0.2, -0.15) is 5.26 Å². The molecule has 0 aromatic carbocycles. The molecule has 0 fully saturated rings. The molecule has 0 saturated carbocycles. The largest absolute Gasteiger partial charge is 0.290 e. The maximum Gasteiger partial charge on any atom is 0.270 e. The van der Waals surface area contributed by atoms with E-state index < -0.39 is 0 Å². The van der Waals surface area contributed by atoms with Crippen molar-refractivity contribution in [2.45, 2.75) is 33.2 Å². The van der Waals surface area contributed by atoms with Crippen LogP contribution in [0, 0.1) is 18.3 Å². The molecule has 1 aromatic rings. The summed E-state index contributed by atoms with van der Waals surface area (Å²) in [5.41, 5.74) is 1.89. The third kappa shape index (κ3) is 1.58. The Labute approximate surface area is 83.4 Å². The number of hydrogen-bond acceptors (Lipinski definition) is 2. The van der Waals surface area contributed by atoms with Crippen molar-refractivity contribution in [1.29, 1.82) is 5.26 Å². The second-order valence-corrected chi connectivity index (χ2v) is 3.28. The van der Waals surface area contributed by atoms with E-state index in [1.165, 1.54) is 0 Å². The summed E-state index contributed by atoms with van der Waals surface area (Å²) in [6.45, 7) is 4.38. The van der Waals surface area contributed by atoms with Gasteiger partial charge in [-0.3, -0.25) is 9.48 Å². The highest BCUT2D eigenvalue weighted by Crippen LogP contribution is 2.03. The molecule has 4 heteroatoms. The minimum Gasteiger partial charge on any atom is -0.290 e. The molecule has 1 aromatic heterocycles. The van der Waals surface area contributed by atoms with Crippen LogP contribution in [-0.2, 0) is 20.0 Å². The Morgan fingerprint density at radius 2 is 2.14 bits per heavy atom. The molecule has 0 atom stereocenters. The van der Waals surface area contributed by atoms with Crippen LogP contribution in [0.2, 0.25) is 0 Å². The van der Waals surface area contributed by atoms with Gasteiger partial charge in [-0.25, -0.2) is 4.68 Å².